The summed E-state index contributed by atoms with van der Waals surface area (Å²) in [5, 5.41) is 23.4. The summed E-state index contributed by atoms with van der Waals surface area (Å²) >= 11 is 6.21. The lowest BCUT2D eigenvalue weighted by Gasteiger charge is -2.08. The second-order valence-electron chi connectivity index (χ2n) is 10.1. The van der Waals surface area contributed by atoms with Crippen molar-refractivity contribution in [1.82, 2.24) is 10.6 Å². The van der Waals surface area contributed by atoms with Gasteiger partial charge in [0.2, 0.25) is 0 Å². The van der Waals surface area contributed by atoms with Crippen LogP contribution in [0.4, 0.5) is 0 Å². The van der Waals surface area contributed by atoms with E-state index in [9.17, 15) is 9.59 Å². The van der Waals surface area contributed by atoms with Crippen LogP contribution in [0, 0.1) is 0 Å². The lowest BCUT2D eigenvalue weighted by atomic mass is 9.80. The van der Waals surface area contributed by atoms with Gasteiger partial charge >= 0.3 is 7.12 Å². The van der Waals surface area contributed by atoms with Gasteiger partial charge in [-0.1, -0.05) is 6.07 Å². The van der Waals surface area contributed by atoms with Crippen LogP contribution in [0.1, 0.15) is 47.0 Å². The molecule has 14 heteroatoms. The molecule has 248 valence electrons. The molecule has 0 unspecified atom stereocenters. The van der Waals surface area contributed by atoms with Gasteiger partial charge in [-0.3, -0.25) is 9.59 Å². The second kappa shape index (κ2) is 19.2. The van der Waals surface area contributed by atoms with Gasteiger partial charge in [0.25, 0.3) is 11.8 Å². The average Bonchev–Trinajstić information content (AvgIpc) is 3.70. The van der Waals surface area contributed by atoms with Crippen molar-refractivity contribution in [2.45, 2.75) is 39.8 Å². The fourth-order valence-electron chi connectivity index (χ4n) is 3.72. The van der Waals surface area contributed by atoms with E-state index >= 15 is 0 Å². The first-order valence-corrected chi connectivity index (χ1v) is 16.5. The molecular weight excluding hydrogens is 695 g/mol. The summed E-state index contributed by atoms with van der Waals surface area (Å²) in [5.74, 6) is 2.37. The van der Waals surface area contributed by atoms with E-state index in [1.165, 1.54) is 43.0 Å². The Bertz CT molecular complexity index is 1560. The summed E-state index contributed by atoms with van der Waals surface area (Å²) in [6.07, 6.45) is 0. The zero-order valence-corrected chi connectivity index (χ0v) is 30.3. The molecule has 0 bridgehead atoms. The van der Waals surface area contributed by atoms with E-state index in [0.29, 0.717) is 33.3 Å². The highest BCUT2D eigenvalue weighted by atomic mass is 79.9. The molecule has 0 saturated carbocycles. The molecule has 10 nitrogen and oxygen atoms in total. The van der Waals surface area contributed by atoms with E-state index in [1.807, 2.05) is 70.2 Å². The fraction of sp³-hybridized carbons (Fsp3) is 0.312. The Kier molecular flexibility index (Phi) is 16.1. The number of thiophene rings is 2. The summed E-state index contributed by atoms with van der Waals surface area (Å²) in [6, 6.07) is 18.2. The maximum Gasteiger partial charge on any atom is 0.488 e. The van der Waals surface area contributed by atoms with Crippen molar-refractivity contribution in [3.8, 4) is 33.4 Å². The summed E-state index contributed by atoms with van der Waals surface area (Å²) in [4.78, 5) is 25.8. The molecule has 4 aromatic rings. The van der Waals surface area contributed by atoms with Crippen molar-refractivity contribution in [3.05, 3.63) is 74.2 Å². The number of amides is 2. The van der Waals surface area contributed by atoms with Crippen molar-refractivity contribution in [3.63, 3.8) is 0 Å². The Morgan fingerprint density at radius 1 is 0.674 bits per heavy atom. The highest BCUT2D eigenvalue weighted by Gasteiger charge is 2.15. The van der Waals surface area contributed by atoms with Gasteiger partial charge in [0.15, 0.2) is 23.0 Å². The maximum atomic E-state index is 12.0. The Morgan fingerprint density at radius 3 is 1.61 bits per heavy atom. The number of carbonyl (C=O) groups excluding carboxylic acids is 2. The molecule has 0 aliphatic carbocycles. The van der Waals surface area contributed by atoms with Crippen molar-refractivity contribution in [2.24, 2.45) is 0 Å². The van der Waals surface area contributed by atoms with Gasteiger partial charge in [0, 0.05) is 17.0 Å². The highest BCUT2D eigenvalue weighted by molar-refractivity contribution is 9.11. The van der Waals surface area contributed by atoms with Gasteiger partial charge in [0.05, 0.1) is 42.0 Å². The van der Waals surface area contributed by atoms with E-state index < -0.39 is 7.12 Å². The van der Waals surface area contributed by atoms with Crippen LogP contribution in [0.15, 0.2) is 64.5 Å². The van der Waals surface area contributed by atoms with Gasteiger partial charge < -0.3 is 39.6 Å². The molecule has 0 spiro atoms. The van der Waals surface area contributed by atoms with Crippen LogP contribution >= 0.6 is 38.6 Å². The molecule has 0 aliphatic rings. The second-order valence-corrected chi connectivity index (χ2v) is 13.6. The Labute approximate surface area is 286 Å². The molecule has 0 aliphatic heterocycles. The Balaban J connectivity index is 0.000000255. The molecule has 0 radical (unpaired) electrons. The van der Waals surface area contributed by atoms with Crippen LogP contribution in [0.3, 0.4) is 0 Å². The third-order valence-electron chi connectivity index (χ3n) is 5.84. The van der Waals surface area contributed by atoms with Gasteiger partial charge in [-0.15, -0.1) is 22.7 Å². The first kappa shape index (κ1) is 38.6. The minimum atomic E-state index is -1.49. The molecule has 4 N–H and O–H groups in total. The molecule has 0 atom stereocenters. The van der Waals surface area contributed by atoms with Crippen LogP contribution in [0.5, 0.6) is 23.0 Å². The number of nitrogens with one attached hydrogen (secondary N) is 2. The molecular formula is C32H40BBrN2O8S2. The molecule has 2 heterocycles. The average molecular weight is 736 g/mol. The monoisotopic (exact) mass is 734 g/mol. The topological polar surface area (TPSA) is 136 Å². The van der Waals surface area contributed by atoms with Gasteiger partial charge in [-0.2, -0.15) is 0 Å². The van der Waals surface area contributed by atoms with Crippen molar-refractivity contribution in [2.75, 3.05) is 28.4 Å². The summed E-state index contributed by atoms with van der Waals surface area (Å²) < 4.78 is 21.5. The number of hydrogen-bond acceptors (Lipinski definition) is 10. The van der Waals surface area contributed by atoms with E-state index in [1.54, 1.807) is 26.4 Å². The lowest BCUT2D eigenvalue weighted by Crippen LogP contribution is -2.29. The molecule has 2 amide bonds. The van der Waals surface area contributed by atoms with E-state index in [-0.39, 0.29) is 23.9 Å². The Hall–Kier alpha value is -3.56. The molecule has 2 aromatic heterocycles. The number of halogens is 1. The van der Waals surface area contributed by atoms with E-state index in [2.05, 4.69) is 26.6 Å². The first-order chi connectivity index (χ1) is 21.8. The standard InChI is InChI=1S/C16H19NO3S.C8H11BO4.C8H10BrNOS/c1-10(2)17-16(18)15-8-7-14(21-15)11-5-6-12(19-3)13(9-11)20-4;1-12-7-4-3-6(9(10)11)5-8(7)13-2;1-5(2)10-8(11)6-3-4-7(9)12-6/h5-10H,1-4H3,(H,17,18);3-5,10-11H,1-2H3;3-5H,1-2H3,(H,10,11). The normalized spacial score (nSPS) is 10.2. The summed E-state index contributed by atoms with van der Waals surface area (Å²) in [7, 11) is 4.74. The summed E-state index contributed by atoms with van der Waals surface area (Å²) in [6.45, 7) is 7.78. The maximum absolute atomic E-state index is 12.0. The van der Waals surface area contributed by atoms with E-state index in [4.69, 9.17) is 29.0 Å². The molecule has 46 heavy (non-hydrogen) atoms. The number of carbonyl (C=O) groups is 2. The molecule has 2 aromatic carbocycles. The number of ether oxygens (including phenoxy) is 4. The van der Waals surface area contributed by atoms with Crippen molar-refractivity contribution < 1.29 is 38.6 Å². The zero-order chi connectivity index (χ0) is 34.4. The van der Waals surface area contributed by atoms with Crippen LogP contribution in [0.25, 0.3) is 10.4 Å². The van der Waals surface area contributed by atoms with E-state index in [0.717, 1.165) is 19.1 Å². The van der Waals surface area contributed by atoms with Crippen LogP contribution < -0.4 is 35.0 Å². The van der Waals surface area contributed by atoms with Crippen LogP contribution in [-0.2, 0) is 0 Å². The number of rotatable bonds is 10. The number of benzene rings is 2. The fourth-order valence-corrected chi connectivity index (χ4v) is 5.92. The predicted octanol–water partition coefficient (Wildman–Crippen LogP) is 5.60. The highest BCUT2D eigenvalue weighted by Crippen LogP contribution is 2.35. The smallest absolute Gasteiger partial charge is 0.488 e. The van der Waals surface area contributed by atoms with Crippen molar-refractivity contribution in [1.29, 1.82) is 0 Å². The predicted molar refractivity (Wildman–Crippen MR) is 189 cm³/mol. The van der Waals surface area contributed by atoms with Gasteiger partial charge in [0.1, 0.15) is 0 Å². The largest absolute Gasteiger partial charge is 0.493 e. The molecule has 4 rings (SSSR count). The number of hydrogen-bond donors (Lipinski definition) is 4. The molecule has 0 saturated heterocycles. The number of methoxy groups -OCH3 is 4. The third kappa shape index (κ3) is 12.0. The quantitative estimate of drug-likeness (QED) is 0.155. The van der Waals surface area contributed by atoms with Crippen LogP contribution in [0.2, 0.25) is 0 Å². The lowest BCUT2D eigenvalue weighted by molar-refractivity contribution is 0.0938. The summed E-state index contributed by atoms with van der Waals surface area (Å²) in [5.41, 5.74) is 1.37. The third-order valence-corrected chi connectivity index (χ3v) is 8.60. The minimum Gasteiger partial charge on any atom is -0.493 e. The SMILES string of the molecule is CC(C)NC(=O)c1ccc(Br)s1.COc1ccc(-c2ccc(C(=O)NC(C)C)s2)cc1OC.COc1ccc(B(O)O)cc1OC. The van der Waals surface area contributed by atoms with Crippen LogP contribution in [-0.4, -0.2) is 69.5 Å². The van der Waals surface area contributed by atoms with Crippen molar-refractivity contribution >= 4 is 63.0 Å². The minimum absolute atomic E-state index is 0.000648. The molecule has 0 fully saturated rings. The zero-order valence-electron chi connectivity index (χ0n) is 27.0. The van der Waals surface area contributed by atoms with Gasteiger partial charge in [-0.25, -0.2) is 0 Å². The first-order valence-electron chi connectivity index (χ1n) is 14.1. The Morgan fingerprint density at radius 2 is 1.15 bits per heavy atom. The van der Waals surface area contributed by atoms with Gasteiger partial charge in [-0.05, 0) is 109 Å².